The van der Waals surface area contributed by atoms with Gasteiger partial charge in [-0.2, -0.15) is 0 Å². The van der Waals surface area contributed by atoms with E-state index in [1.807, 2.05) is 13.0 Å². The summed E-state index contributed by atoms with van der Waals surface area (Å²) in [6.07, 6.45) is 1.66. The first kappa shape index (κ1) is 26.2. The van der Waals surface area contributed by atoms with Gasteiger partial charge in [-0.25, -0.2) is 4.90 Å². The van der Waals surface area contributed by atoms with Crippen molar-refractivity contribution >= 4 is 92.1 Å². The summed E-state index contributed by atoms with van der Waals surface area (Å²) in [5.74, 6) is 0.639. The lowest BCUT2D eigenvalue weighted by Crippen LogP contribution is -2.27. The Balaban J connectivity index is 1.61. The predicted molar refractivity (Wildman–Crippen MR) is 151 cm³/mol. The van der Waals surface area contributed by atoms with Gasteiger partial charge in [0.2, 0.25) is 0 Å². The highest BCUT2D eigenvalue weighted by atomic mass is 127. The molecule has 3 aromatic rings. The fourth-order valence-electron chi connectivity index (χ4n) is 3.32. The zero-order valence-electron chi connectivity index (χ0n) is 18.2. The standard InChI is InChI=1S/C25H17Cl3INO4S/c1-2-33-21-10-14(9-19(29)23(21)34-13-15-7-8-16(26)12-18(15)28)11-22-24(31)30(25(32)35-22)20-6-4-3-5-17(20)27/h3-12H,2,13H2,1H3/b22-11-. The topological polar surface area (TPSA) is 55.8 Å². The van der Waals surface area contributed by atoms with E-state index in [9.17, 15) is 9.59 Å². The van der Waals surface area contributed by atoms with Gasteiger partial charge in [0, 0.05) is 15.6 Å². The first-order chi connectivity index (χ1) is 16.8. The van der Waals surface area contributed by atoms with Gasteiger partial charge in [-0.1, -0.05) is 53.0 Å². The van der Waals surface area contributed by atoms with Gasteiger partial charge in [-0.3, -0.25) is 9.59 Å². The van der Waals surface area contributed by atoms with E-state index in [0.717, 1.165) is 25.8 Å². The first-order valence-electron chi connectivity index (χ1n) is 10.3. The summed E-state index contributed by atoms with van der Waals surface area (Å²) >= 11 is 21.5. The summed E-state index contributed by atoms with van der Waals surface area (Å²) in [7, 11) is 0. The van der Waals surface area contributed by atoms with Crippen molar-refractivity contribution in [2.75, 3.05) is 11.5 Å². The van der Waals surface area contributed by atoms with Gasteiger partial charge >= 0.3 is 0 Å². The maximum Gasteiger partial charge on any atom is 0.298 e. The van der Waals surface area contributed by atoms with Crippen molar-refractivity contribution in [3.05, 3.63) is 89.3 Å². The quantitative estimate of drug-likeness (QED) is 0.188. The summed E-state index contributed by atoms with van der Waals surface area (Å²) in [6.45, 7) is 2.51. The molecule has 0 aliphatic carbocycles. The molecule has 1 aliphatic rings. The lowest BCUT2D eigenvalue weighted by atomic mass is 10.1. The molecule has 180 valence electrons. The molecule has 5 nitrogen and oxygen atoms in total. The van der Waals surface area contributed by atoms with Crippen molar-refractivity contribution in [1.82, 2.24) is 0 Å². The number of ether oxygens (including phenoxy) is 2. The summed E-state index contributed by atoms with van der Waals surface area (Å²) < 4.78 is 12.6. The molecule has 2 amide bonds. The van der Waals surface area contributed by atoms with Crippen LogP contribution in [0.5, 0.6) is 11.5 Å². The average molecular weight is 661 g/mol. The molecule has 0 aromatic heterocycles. The maximum absolute atomic E-state index is 13.0. The van der Waals surface area contributed by atoms with Gasteiger partial charge in [0.25, 0.3) is 11.1 Å². The lowest BCUT2D eigenvalue weighted by molar-refractivity contribution is -0.113. The van der Waals surface area contributed by atoms with E-state index in [-0.39, 0.29) is 11.5 Å². The van der Waals surface area contributed by atoms with Crippen LogP contribution in [-0.2, 0) is 11.4 Å². The summed E-state index contributed by atoms with van der Waals surface area (Å²) in [5, 5.41) is 0.975. The van der Waals surface area contributed by atoms with Crippen LogP contribution < -0.4 is 14.4 Å². The number of hydrogen-bond acceptors (Lipinski definition) is 5. The number of carbonyl (C=O) groups excluding carboxylic acids is 2. The molecule has 0 saturated carbocycles. The fraction of sp³-hybridized carbons (Fsp3) is 0.120. The average Bonchev–Trinajstić information content (AvgIpc) is 3.07. The van der Waals surface area contributed by atoms with Crippen LogP contribution in [-0.4, -0.2) is 17.8 Å². The lowest BCUT2D eigenvalue weighted by Gasteiger charge is -2.15. The number of rotatable bonds is 7. The van der Waals surface area contributed by atoms with Crippen LogP contribution in [0, 0.1) is 3.57 Å². The Morgan fingerprint density at radius 1 is 1.00 bits per heavy atom. The number of nitrogens with zero attached hydrogens (tertiary/aromatic N) is 1. The molecule has 10 heteroatoms. The van der Waals surface area contributed by atoms with Crippen LogP contribution in [0.25, 0.3) is 6.08 Å². The SMILES string of the molecule is CCOc1cc(/C=C2\SC(=O)N(c3ccccc3Cl)C2=O)cc(I)c1OCc1ccc(Cl)cc1Cl. The van der Waals surface area contributed by atoms with Gasteiger partial charge in [-0.05, 0) is 89.3 Å². The zero-order chi connectivity index (χ0) is 25.1. The normalized spacial score (nSPS) is 14.7. The number of anilines is 1. The summed E-state index contributed by atoms with van der Waals surface area (Å²) in [5.41, 5.74) is 1.83. The van der Waals surface area contributed by atoms with E-state index in [1.165, 1.54) is 0 Å². The Bertz CT molecular complexity index is 1350. The van der Waals surface area contributed by atoms with Crippen molar-refractivity contribution < 1.29 is 19.1 Å². The molecule has 0 atom stereocenters. The molecule has 1 fully saturated rings. The molecule has 0 spiro atoms. The van der Waals surface area contributed by atoms with Crippen molar-refractivity contribution in [1.29, 1.82) is 0 Å². The molecule has 0 N–H and O–H groups in total. The fourth-order valence-corrected chi connectivity index (χ4v) is 5.62. The van der Waals surface area contributed by atoms with Gasteiger partial charge in [0.1, 0.15) is 6.61 Å². The smallest absolute Gasteiger partial charge is 0.298 e. The third-order valence-electron chi connectivity index (χ3n) is 4.90. The highest BCUT2D eigenvalue weighted by molar-refractivity contribution is 14.1. The Morgan fingerprint density at radius 3 is 2.49 bits per heavy atom. The number of para-hydroxylation sites is 1. The number of imide groups is 1. The first-order valence-corrected chi connectivity index (χ1v) is 13.4. The summed E-state index contributed by atoms with van der Waals surface area (Å²) in [6, 6.07) is 15.6. The third-order valence-corrected chi connectivity index (χ3v) is 7.48. The number of hydrogen-bond donors (Lipinski definition) is 0. The highest BCUT2D eigenvalue weighted by Gasteiger charge is 2.37. The number of thioether (sulfide) groups is 1. The zero-order valence-corrected chi connectivity index (χ0v) is 23.4. The molecule has 1 saturated heterocycles. The maximum atomic E-state index is 13.0. The second-order valence-corrected chi connectivity index (χ2v) is 10.7. The molecular formula is C25H17Cl3INO4S. The Hall–Kier alpha value is -1.91. The van der Waals surface area contributed by atoms with E-state index >= 15 is 0 Å². The van der Waals surface area contributed by atoms with Crippen LogP contribution >= 0.6 is 69.2 Å². The van der Waals surface area contributed by atoms with Crippen molar-refractivity contribution in [3.63, 3.8) is 0 Å². The van der Waals surface area contributed by atoms with Gasteiger partial charge in [-0.15, -0.1) is 0 Å². The van der Waals surface area contributed by atoms with Crippen molar-refractivity contribution in [2.24, 2.45) is 0 Å². The second kappa shape index (κ2) is 11.4. The highest BCUT2D eigenvalue weighted by Crippen LogP contribution is 2.40. The van der Waals surface area contributed by atoms with Gasteiger partial charge in [0.15, 0.2) is 11.5 Å². The second-order valence-electron chi connectivity index (χ2n) is 7.26. The molecule has 0 bridgehead atoms. The van der Waals surface area contributed by atoms with Crippen molar-refractivity contribution in [2.45, 2.75) is 13.5 Å². The Morgan fingerprint density at radius 2 is 1.77 bits per heavy atom. The molecule has 4 rings (SSSR count). The van der Waals surface area contributed by atoms with Crippen LogP contribution in [0.2, 0.25) is 15.1 Å². The summed E-state index contributed by atoms with van der Waals surface area (Å²) in [4.78, 5) is 27.0. The predicted octanol–water partition coefficient (Wildman–Crippen LogP) is 8.47. The van der Waals surface area contributed by atoms with Crippen LogP contribution in [0.1, 0.15) is 18.1 Å². The number of amides is 2. The van der Waals surface area contributed by atoms with Gasteiger partial charge < -0.3 is 9.47 Å². The number of carbonyl (C=O) groups is 2. The Kier molecular flexibility index (Phi) is 8.54. The van der Waals surface area contributed by atoms with E-state index in [1.54, 1.807) is 54.6 Å². The van der Waals surface area contributed by atoms with E-state index in [4.69, 9.17) is 44.3 Å². The third kappa shape index (κ3) is 5.91. The minimum atomic E-state index is -0.432. The van der Waals surface area contributed by atoms with Gasteiger partial charge in [0.05, 0.1) is 25.8 Å². The number of benzene rings is 3. The molecule has 0 unspecified atom stereocenters. The molecular weight excluding hydrogens is 644 g/mol. The van der Waals surface area contributed by atoms with Crippen LogP contribution in [0.4, 0.5) is 10.5 Å². The Labute approximate surface area is 235 Å². The minimum Gasteiger partial charge on any atom is -0.490 e. The monoisotopic (exact) mass is 659 g/mol. The molecule has 0 radical (unpaired) electrons. The van der Waals surface area contributed by atoms with Crippen LogP contribution in [0.3, 0.4) is 0 Å². The molecule has 3 aromatic carbocycles. The van der Waals surface area contributed by atoms with Crippen molar-refractivity contribution in [3.8, 4) is 11.5 Å². The van der Waals surface area contributed by atoms with E-state index < -0.39 is 11.1 Å². The van der Waals surface area contributed by atoms with E-state index in [0.29, 0.717) is 44.4 Å². The largest absolute Gasteiger partial charge is 0.490 e. The van der Waals surface area contributed by atoms with Crippen LogP contribution in [0.15, 0.2) is 59.5 Å². The molecule has 1 aliphatic heterocycles. The minimum absolute atomic E-state index is 0.224. The number of halogens is 4. The molecule has 35 heavy (non-hydrogen) atoms. The molecule has 1 heterocycles. The van der Waals surface area contributed by atoms with E-state index in [2.05, 4.69) is 22.6 Å².